The van der Waals surface area contributed by atoms with Gasteiger partial charge in [0.1, 0.15) is 10.1 Å². The first-order chi connectivity index (χ1) is 25.0. The van der Waals surface area contributed by atoms with Gasteiger partial charge in [-0.2, -0.15) is 0 Å². The van der Waals surface area contributed by atoms with Crippen LogP contribution in [0, 0.1) is 0 Å². The second-order valence-electron chi connectivity index (χ2n) is 14.1. The first-order valence-electron chi connectivity index (χ1n) is 17.6. The van der Waals surface area contributed by atoms with Gasteiger partial charge in [-0.3, -0.25) is 18.1 Å². The zero-order valence-corrected chi connectivity index (χ0v) is 31.8. The predicted octanol–water partition coefficient (Wildman–Crippen LogP) is 6.85. The molecule has 8 nitrogen and oxygen atoms in total. The molecule has 0 amide bonds. The molecule has 10 heteroatoms. The molecule has 2 aromatic heterocycles. The highest BCUT2D eigenvalue weighted by atomic mass is 32.2. The minimum Gasteiger partial charge on any atom is -0.390 e. The van der Waals surface area contributed by atoms with Gasteiger partial charge in [-0.05, 0) is 80.3 Å². The van der Waals surface area contributed by atoms with Crippen LogP contribution in [0.4, 0.5) is 0 Å². The van der Waals surface area contributed by atoms with E-state index in [-0.39, 0.29) is 11.6 Å². The fourth-order valence-corrected chi connectivity index (χ4v) is 8.46. The van der Waals surface area contributed by atoms with E-state index in [4.69, 9.17) is 4.98 Å². The van der Waals surface area contributed by atoms with Crippen molar-refractivity contribution in [1.29, 1.82) is 0 Å². The lowest BCUT2D eigenvalue weighted by Crippen LogP contribution is -2.50. The normalized spacial score (nSPS) is 16.8. The molecule has 7 rings (SSSR count). The Labute approximate surface area is 310 Å². The summed E-state index contributed by atoms with van der Waals surface area (Å²) < 4.78 is 23.9. The molecule has 0 bridgehead atoms. The van der Waals surface area contributed by atoms with Crippen LogP contribution in [0.25, 0.3) is 32.6 Å². The van der Waals surface area contributed by atoms with Crippen LogP contribution in [-0.4, -0.2) is 78.0 Å². The van der Waals surface area contributed by atoms with Crippen LogP contribution in [0.5, 0.6) is 0 Å². The van der Waals surface area contributed by atoms with Crippen LogP contribution in [0.2, 0.25) is 0 Å². The van der Waals surface area contributed by atoms with E-state index in [1.807, 2.05) is 48.5 Å². The second kappa shape index (κ2) is 16.7. The molecule has 4 aromatic carbocycles. The number of carbonyl (C=O) groups is 1. The van der Waals surface area contributed by atoms with Gasteiger partial charge < -0.3 is 10.4 Å². The average Bonchev–Trinajstić information content (AvgIpc) is 3.61. The predicted molar refractivity (Wildman–Crippen MR) is 213 cm³/mol. The minimum absolute atomic E-state index is 0.0635. The molecule has 270 valence electrons. The quantitative estimate of drug-likeness (QED) is 0.139. The zero-order valence-electron chi connectivity index (χ0n) is 30.1. The first-order valence-corrected chi connectivity index (χ1v) is 20.7. The van der Waals surface area contributed by atoms with Crippen LogP contribution in [0.1, 0.15) is 48.2 Å². The molecule has 52 heavy (non-hydrogen) atoms. The van der Waals surface area contributed by atoms with E-state index in [0.717, 1.165) is 53.2 Å². The van der Waals surface area contributed by atoms with E-state index in [0.29, 0.717) is 35.0 Å². The van der Waals surface area contributed by atoms with E-state index in [1.54, 1.807) is 12.3 Å². The fraction of sp³-hybridized carbons (Fsp3) is 0.310. The van der Waals surface area contributed by atoms with Crippen LogP contribution < -0.4 is 5.32 Å². The number of rotatable bonds is 11. The number of likely N-dealkylation sites (tertiary alicyclic amines) is 1. The summed E-state index contributed by atoms with van der Waals surface area (Å²) in [5, 5.41) is 20.3. The third kappa shape index (κ3) is 9.05. The number of hydrogen-bond acceptors (Lipinski definition) is 8. The number of fused-ring (bicyclic) bond motifs is 3. The number of nitrogens with one attached hydrogen (secondary N) is 1. The van der Waals surface area contributed by atoms with E-state index in [2.05, 4.69) is 77.6 Å². The van der Waals surface area contributed by atoms with Crippen molar-refractivity contribution in [3.63, 3.8) is 0 Å². The van der Waals surface area contributed by atoms with Crippen molar-refractivity contribution in [2.45, 2.75) is 67.4 Å². The summed E-state index contributed by atoms with van der Waals surface area (Å²) in [5.41, 5.74) is 4.15. The monoisotopic (exact) mass is 734 g/mol. The van der Waals surface area contributed by atoms with Crippen molar-refractivity contribution >= 4 is 60.5 Å². The maximum absolute atomic E-state index is 12.5. The highest BCUT2D eigenvalue weighted by Crippen LogP contribution is 2.27. The summed E-state index contributed by atoms with van der Waals surface area (Å²) in [6, 6.07) is 34.4. The Kier molecular flexibility index (Phi) is 12.0. The molecule has 0 spiro atoms. The van der Waals surface area contributed by atoms with E-state index >= 15 is 0 Å². The number of carbonyl (C=O) groups excluding carboxylic acids is 1. The Hall–Kier alpha value is -4.19. The molecular weight excluding hydrogens is 689 g/mol. The minimum atomic E-state index is -1.24. The lowest BCUT2D eigenvalue weighted by Gasteiger charge is -2.33. The molecular formula is C42H46N4O4S2. The van der Waals surface area contributed by atoms with Crippen molar-refractivity contribution in [3.8, 4) is 0 Å². The fourth-order valence-electron chi connectivity index (χ4n) is 7.07. The van der Waals surface area contributed by atoms with E-state index < -0.39 is 27.7 Å². The van der Waals surface area contributed by atoms with Gasteiger partial charge in [0.15, 0.2) is 6.29 Å². The smallest absolute Gasteiger partial charge is 0.152 e. The summed E-state index contributed by atoms with van der Waals surface area (Å²) >= 11 is 0. The molecule has 2 N–H and O–H groups in total. The SMILES string of the molecule is CS(=O)c1nc2ccccc2cc1C=O.CS(=O)c1nc2ccccc2cc1CN1CCC[C@@H]1[C@H](O)CNC(C)(C)Cc1ccc2ccccc2c1. The zero-order chi connectivity index (χ0) is 36.8. The molecule has 6 aromatic rings. The Bertz CT molecular complexity index is 2260. The summed E-state index contributed by atoms with van der Waals surface area (Å²) in [4.78, 5) is 22.1. The van der Waals surface area contributed by atoms with Gasteiger partial charge in [-0.1, -0.05) is 78.9 Å². The van der Waals surface area contributed by atoms with Gasteiger partial charge in [0.2, 0.25) is 0 Å². The van der Waals surface area contributed by atoms with Crippen molar-refractivity contribution in [3.05, 3.63) is 120 Å². The largest absolute Gasteiger partial charge is 0.390 e. The Balaban J connectivity index is 0.000000258. The number of para-hydroxylation sites is 2. The third-order valence-corrected chi connectivity index (χ3v) is 11.4. The van der Waals surface area contributed by atoms with Crippen molar-refractivity contribution < 1.29 is 18.3 Å². The molecule has 1 fully saturated rings. The Morgan fingerprint density at radius 2 is 1.42 bits per heavy atom. The lowest BCUT2D eigenvalue weighted by atomic mass is 9.93. The molecule has 2 unspecified atom stereocenters. The van der Waals surface area contributed by atoms with Crippen LogP contribution in [-0.2, 0) is 34.6 Å². The third-order valence-electron chi connectivity index (χ3n) is 9.63. The van der Waals surface area contributed by atoms with Crippen LogP contribution in [0.15, 0.2) is 113 Å². The van der Waals surface area contributed by atoms with Crippen LogP contribution >= 0.6 is 0 Å². The highest BCUT2D eigenvalue weighted by molar-refractivity contribution is 7.84. The van der Waals surface area contributed by atoms with Gasteiger partial charge in [0.05, 0.1) is 38.7 Å². The number of aliphatic hydroxyl groups is 1. The number of β-amino-alcohol motifs (C(OH)–C–C–N with tert-alkyl or cyclic N) is 1. The van der Waals surface area contributed by atoms with Crippen molar-refractivity contribution in [2.24, 2.45) is 0 Å². The van der Waals surface area contributed by atoms with Gasteiger partial charge in [0, 0.05) is 59.1 Å². The average molecular weight is 735 g/mol. The summed E-state index contributed by atoms with van der Waals surface area (Å²) in [5.74, 6) is 0. The number of nitrogens with zero attached hydrogens (tertiary/aromatic N) is 3. The molecule has 0 aliphatic carbocycles. The number of pyridine rings is 2. The van der Waals surface area contributed by atoms with E-state index in [9.17, 15) is 18.3 Å². The highest BCUT2D eigenvalue weighted by Gasteiger charge is 2.32. The lowest BCUT2D eigenvalue weighted by molar-refractivity contribution is 0.0629. The maximum atomic E-state index is 12.5. The number of aliphatic hydroxyl groups excluding tert-OH is 1. The summed E-state index contributed by atoms with van der Waals surface area (Å²) in [6.07, 6.45) is 6.31. The molecule has 0 radical (unpaired) electrons. The number of hydrogen-bond donors (Lipinski definition) is 2. The number of aromatic nitrogens is 2. The standard InChI is InChI=1S/C31H37N3O2S.C11H9NO2S/c1-31(2,19-22-14-15-23-9-4-5-10-24(23)17-22)32-20-29(35)28-13-8-16-34(28)21-26-18-25-11-6-7-12-27(25)33-30(26)37(3)36;1-15(14)11-9(7-13)6-8-4-2-3-5-10(8)12-11/h4-7,9-12,14-15,17-18,28-29,32,35H,8,13,16,19-21H2,1-3H3;2-7H,1H3/t28-,29-,37?;/m1./s1. The number of aldehydes is 1. The second-order valence-corrected chi connectivity index (χ2v) is 16.7. The van der Waals surface area contributed by atoms with Crippen molar-refractivity contribution in [1.82, 2.24) is 20.2 Å². The summed E-state index contributed by atoms with van der Waals surface area (Å²) in [7, 11) is -2.41. The van der Waals surface area contributed by atoms with Crippen LogP contribution in [0.3, 0.4) is 0 Å². The van der Waals surface area contributed by atoms with Gasteiger partial charge in [-0.15, -0.1) is 0 Å². The van der Waals surface area contributed by atoms with Gasteiger partial charge in [-0.25, -0.2) is 9.97 Å². The molecule has 1 aliphatic heterocycles. The van der Waals surface area contributed by atoms with E-state index in [1.165, 1.54) is 22.6 Å². The molecule has 3 heterocycles. The molecule has 1 saturated heterocycles. The molecule has 4 atom stereocenters. The van der Waals surface area contributed by atoms with Crippen molar-refractivity contribution in [2.75, 3.05) is 25.6 Å². The number of benzene rings is 4. The van der Waals surface area contributed by atoms with Gasteiger partial charge in [0.25, 0.3) is 0 Å². The summed E-state index contributed by atoms with van der Waals surface area (Å²) in [6.45, 7) is 6.50. The topological polar surface area (TPSA) is 112 Å². The maximum Gasteiger partial charge on any atom is 0.152 e. The Morgan fingerprint density at radius 3 is 2.08 bits per heavy atom. The first kappa shape index (κ1) is 37.6. The van der Waals surface area contributed by atoms with Gasteiger partial charge >= 0.3 is 0 Å². The molecule has 1 aliphatic rings. The molecule has 0 saturated carbocycles. The Morgan fingerprint density at radius 1 is 0.827 bits per heavy atom.